The van der Waals surface area contributed by atoms with Gasteiger partial charge in [-0.1, -0.05) is 146 Å². The van der Waals surface area contributed by atoms with Gasteiger partial charge in [-0.25, -0.2) is 0 Å². The van der Waals surface area contributed by atoms with Gasteiger partial charge in [-0.05, 0) is 107 Å². The van der Waals surface area contributed by atoms with Gasteiger partial charge in [-0.15, -0.1) is 0 Å². The van der Waals surface area contributed by atoms with E-state index in [2.05, 4.69) is 119 Å². The monoisotopic (exact) mass is 742 g/mol. The van der Waals surface area contributed by atoms with Gasteiger partial charge < -0.3 is 9.80 Å². The van der Waals surface area contributed by atoms with E-state index in [1.165, 1.54) is 0 Å². The Kier molecular flexibility index (Phi) is 11.1. The quantitative estimate of drug-likeness (QED) is 0.124. The van der Waals surface area contributed by atoms with Crippen molar-refractivity contribution >= 4 is 58.4 Å². The molecule has 8 aromatic rings. The summed E-state index contributed by atoms with van der Waals surface area (Å²) in [5.41, 5.74) is 12.8. The SMILES string of the molecule is N#Cc1cc(/C=C/c2ccc(N(c3ccccc3)c3ccccc3)cc2)ccc1-c1ccc(/C=C/c2ccc(N(c3ccccc3)c3ccccc3)cc2)cc1C#N. The van der Waals surface area contributed by atoms with Crippen LogP contribution < -0.4 is 9.80 Å². The average molecular weight is 743 g/mol. The number of nitrogens with zero attached hydrogens (tertiary/aromatic N) is 4. The minimum atomic E-state index is 0.513. The van der Waals surface area contributed by atoms with E-state index in [-0.39, 0.29) is 0 Å². The molecule has 8 aromatic carbocycles. The van der Waals surface area contributed by atoms with E-state index in [1.807, 2.05) is 133 Å². The lowest BCUT2D eigenvalue weighted by Crippen LogP contribution is -2.09. The molecular weight excluding hydrogens is 705 g/mol. The lowest BCUT2D eigenvalue weighted by Gasteiger charge is -2.25. The fourth-order valence-electron chi connectivity index (χ4n) is 7.04. The molecule has 0 radical (unpaired) electrons. The van der Waals surface area contributed by atoms with E-state index in [9.17, 15) is 10.5 Å². The van der Waals surface area contributed by atoms with Gasteiger partial charge in [0.15, 0.2) is 0 Å². The number of para-hydroxylation sites is 4. The fraction of sp³-hybridized carbons (Fsp3) is 0. The third-order valence-electron chi connectivity index (χ3n) is 9.91. The molecule has 0 aliphatic carbocycles. The molecule has 0 aliphatic rings. The average Bonchev–Trinajstić information content (AvgIpc) is 3.30. The Labute approximate surface area is 340 Å². The molecule has 0 heterocycles. The topological polar surface area (TPSA) is 54.1 Å². The Morgan fingerprint density at radius 2 is 0.552 bits per heavy atom. The summed E-state index contributed by atoms with van der Waals surface area (Å²) in [6.45, 7) is 0. The summed E-state index contributed by atoms with van der Waals surface area (Å²) in [7, 11) is 0. The molecule has 0 bridgehead atoms. The van der Waals surface area contributed by atoms with Crippen LogP contribution in [-0.4, -0.2) is 0 Å². The minimum Gasteiger partial charge on any atom is -0.311 e. The normalized spacial score (nSPS) is 10.9. The van der Waals surface area contributed by atoms with Gasteiger partial charge in [-0.3, -0.25) is 0 Å². The van der Waals surface area contributed by atoms with Crippen molar-refractivity contribution in [2.75, 3.05) is 9.80 Å². The molecule has 0 amide bonds. The van der Waals surface area contributed by atoms with E-state index >= 15 is 0 Å². The summed E-state index contributed by atoms with van der Waals surface area (Å²) >= 11 is 0. The second-order valence-electron chi connectivity index (χ2n) is 13.7. The predicted molar refractivity (Wildman–Crippen MR) is 241 cm³/mol. The van der Waals surface area contributed by atoms with Crippen LogP contribution >= 0.6 is 0 Å². The van der Waals surface area contributed by atoms with Crippen molar-refractivity contribution in [3.8, 4) is 23.3 Å². The van der Waals surface area contributed by atoms with Crippen molar-refractivity contribution in [1.82, 2.24) is 0 Å². The maximum absolute atomic E-state index is 10.2. The van der Waals surface area contributed by atoms with Crippen molar-refractivity contribution in [2.45, 2.75) is 0 Å². The zero-order valence-electron chi connectivity index (χ0n) is 31.7. The zero-order chi connectivity index (χ0) is 39.5. The van der Waals surface area contributed by atoms with E-state index in [1.54, 1.807) is 0 Å². The summed E-state index contributed by atoms with van der Waals surface area (Å²) in [6, 6.07) is 74.5. The molecule has 4 nitrogen and oxygen atoms in total. The fourth-order valence-corrected chi connectivity index (χ4v) is 7.04. The van der Waals surface area contributed by atoms with Gasteiger partial charge in [-0.2, -0.15) is 10.5 Å². The smallest absolute Gasteiger partial charge is 0.0998 e. The predicted octanol–water partition coefficient (Wildman–Crippen LogP) is 14.4. The Morgan fingerprint density at radius 1 is 0.293 bits per heavy atom. The van der Waals surface area contributed by atoms with Crippen LogP contribution in [-0.2, 0) is 0 Å². The molecule has 0 N–H and O–H groups in total. The Balaban J connectivity index is 0.978. The van der Waals surface area contributed by atoms with Crippen molar-refractivity contribution < 1.29 is 0 Å². The van der Waals surface area contributed by atoms with Crippen molar-refractivity contribution in [3.63, 3.8) is 0 Å². The second-order valence-corrected chi connectivity index (χ2v) is 13.7. The largest absolute Gasteiger partial charge is 0.311 e. The molecular formula is C54H38N4. The first-order valence-electron chi connectivity index (χ1n) is 19.1. The molecule has 274 valence electrons. The van der Waals surface area contributed by atoms with E-state index < -0.39 is 0 Å². The molecule has 8 rings (SSSR count). The molecule has 0 aliphatic heterocycles. The zero-order valence-corrected chi connectivity index (χ0v) is 31.7. The second kappa shape index (κ2) is 17.5. The number of nitriles is 2. The Morgan fingerprint density at radius 3 is 0.845 bits per heavy atom. The number of hydrogen-bond acceptors (Lipinski definition) is 4. The highest BCUT2D eigenvalue weighted by Gasteiger charge is 2.14. The van der Waals surface area contributed by atoms with Crippen LogP contribution in [0.3, 0.4) is 0 Å². The number of anilines is 6. The summed E-state index contributed by atoms with van der Waals surface area (Å²) in [5.74, 6) is 0. The highest BCUT2D eigenvalue weighted by molar-refractivity contribution is 5.83. The molecule has 0 spiro atoms. The van der Waals surface area contributed by atoms with Crippen LogP contribution in [0, 0.1) is 22.7 Å². The summed E-state index contributed by atoms with van der Waals surface area (Å²) in [6.07, 6.45) is 8.12. The van der Waals surface area contributed by atoms with Crippen molar-refractivity contribution in [2.24, 2.45) is 0 Å². The van der Waals surface area contributed by atoms with Gasteiger partial charge in [0, 0.05) is 45.3 Å². The highest BCUT2D eigenvalue weighted by Crippen LogP contribution is 2.36. The summed E-state index contributed by atoms with van der Waals surface area (Å²) in [5, 5.41) is 20.4. The molecule has 0 saturated carbocycles. The third kappa shape index (κ3) is 8.38. The molecule has 4 heteroatoms. The molecule has 0 atom stereocenters. The maximum atomic E-state index is 10.2. The Bertz CT molecular complexity index is 2490. The van der Waals surface area contributed by atoms with Crippen LogP contribution in [0.1, 0.15) is 33.4 Å². The van der Waals surface area contributed by atoms with Gasteiger partial charge >= 0.3 is 0 Å². The van der Waals surface area contributed by atoms with Gasteiger partial charge in [0.2, 0.25) is 0 Å². The van der Waals surface area contributed by atoms with Crippen LogP contribution in [0.25, 0.3) is 35.4 Å². The lowest BCUT2D eigenvalue weighted by molar-refractivity contribution is 1.28. The number of rotatable bonds is 11. The first-order valence-corrected chi connectivity index (χ1v) is 19.1. The van der Waals surface area contributed by atoms with Gasteiger partial charge in [0.1, 0.15) is 0 Å². The first kappa shape index (κ1) is 36.8. The summed E-state index contributed by atoms with van der Waals surface area (Å²) in [4.78, 5) is 4.46. The van der Waals surface area contributed by atoms with E-state index in [4.69, 9.17) is 0 Å². The number of hydrogen-bond donors (Lipinski definition) is 0. The van der Waals surface area contributed by atoms with Gasteiger partial charge in [0.05, 0.1) is 23.3 Å². The molecule has 58 heavy (non-hydrogen) atoms. The van der Waals surface area contributed by atoms with E-state index in [0.29, 0.717) is 11.1 Å². The number of benzene rings is 8. The molecule has 0 aromatic heterocycles. The third-order valence-corrected chi connectivity index (χ3v) is 9.91. The minimum absolute atomic E-state index is 0.513. The highest BCUT2D eigenvalue weighted by atomic mass is 15.1. The Hall–Kier alpha value is -8.18. The van der Waals surface area contributed by atoms with Crippen LogP contribution in [0.15, 0.2) is 206 Å². The van der Waals surface area contributed by atoms with Crippen LogP contribution in [0.4, 0.5) is 34.1 Å². The lowest BCUT2D eigenvalue weighted by atomic mass is 9.93. The summed E-state index contributed by atoms with van der Waals surface area (Å²) < 4.78 is 0. The van der Waals surface area contributed by atoms with E-state index in [0.717, 1.165) is 67.5 Å². The van der Waals surface area contributed by atoms with Gasteiger partial charge in [0.25, 0.3) is 0 Å². The maximum Gasteiger partial charge on any atom is 0.0998 e. The van der Waals surface area contributed by atoms with Crippen molar-refractivity contribution in [1.29, 1.82) is 10.5 Å². The molecule has 0 saturated heterocycles. The molecule has 0 unspecified atom stereocenters. The first-order chi connectivity index (χ1) is 28.7. The van der Waals surface area contributed by atoms with Crippen molar-refractivity contribution in [3.05, 3.63) is 240 Å². The molecule has 0 fully saturated rings. The van der Waals surface area contributed by atoms with Crippen LogP contribution in [0.2, 0.25) is 0 Å². The van der Waals surface area contributed by atoms with Crippen LogP contribution in [0.5, 0.6) is 0 Å². The standard InChI is InChI=1S/C54H38N4/c55-39-45-37-43(23-21-41-25-31-51(32-26-41)57(47-13-5-1-6-14-47)48-15-7-2-8-16-48)29-35-53(45)54-36-30-44(38-46(54)40-56)24-22-42-27-33-52(34-28-42)58(49-17-9-3-10-18-49)50-19-11-4-12-20-50/h1-38H/b23-21+,24-22+.